The average Bonchev–Trinajstić information content (AvgIpc) is 2.82. The van der Waals surface area contributed by atoms with Crippen molar-refractivity contribution in [2.45, 2.75) is 12.5 Å². The monoisotopic (exact) mass is 250 g/mol. The number of hydrogen-bond donors (Lipinski definition) is 0. The molecule has 3 heteroatoms. The summed E-state index contributed by atoms with van der Waals surface area (Å²) in [5.74, 6) is -0.0685. The van der Waals surface area contributed by atoms with E-state index < -0.39 is 0 Å². The molecule has 0 saturated carbocycles. The first kappa shape index (κ1) is 11.7. The molecule has 1 heterocycles. The third-order valence-electron chi connectivity index (χ3n) is 3.18. The first-order valence-electron chi connectivity index (χ1n) is 6.30. The molecule has 1 unspecified atom stereocenters. The van der Waals surface area contributed by atoms with Crippen LogP contribution in [0, 0.1) is 0 Å². The van der Waals surface area contributed by atoms with Crippen molar-refractivity contribution in [3.8, 4) is 0 Å². The van der Waals surface area contributed by atoms with Crippen molar-refractivity contribution in [2.24, 2.45) is 5.10 Å². The van der Waals surface area contributed by atoms with Gasteiger partial charge in [0.2, 0.25) is 12.3 Å². The zero-order chi connectivity index (χ0) is 13.1. The van der Waals surface area contributed by atoms with Crippen molar-refractivity contribution in [2.75, 3.05) is 0 Å². The van der Waals surface area contributed by atoms with Crippen LogP contribution in [0.3, 0.4) is 0 Å². The largest absolute Gasteiger partial charge is 0.857 e. The van der Waals surface area contributed by atoms with Crippen LogP contribution >= 0.6 is 0 Å². The van der Waals surface area contributed by atoms with Crippen molar-refractivity contribution < 1.29 is 9.79 Å². The number of nitrogens with zero attached hydrogens (tertiary/aromatic N) is 2. The Morgan fingerprint density at radius 2 is 1.63 bits per heavy atom. The second kappa shape index (κ2) is 5.06. The maximum atomic E-state index is 11.6. The summed E-state index contributed by atoms with van der Waals surface area (Å²) in [6.45, 7) is 0. The van der Waals surface area contributed by atoms with Crippen LogP contribution in [0.1, 0.15) is 23.6 Å². The van der Waals surface area contributed by atoms with Gasteiger partial charge in [0.05, 0.1) is 6.42 Å². The predicted octanol–water partition coefficient (Wildman–Crippen LogP) is 1.94. The molecule has 0 fully saturated rings. The molecule has 0 N–H and O–H groups in total. The summed E-state index contributed by atoms with van der Waals surface area (Å²) >= 11 is 0. The maximum Gasteiger partial charge on any atom is 0.213 e. The van der Waals surface area contributed by atoms with Gasteiger partial charge < -0.3 is 5.11 Å². The molecule has 19 heavy (non-hydrogen) atoms. The Labute approximate surface area is 112 Å². The van der Waals surface area contributed by atoms with E-state index in [9.17, 15) is 5.11 Å². The maximum absolute atomic E-state index is 11.6. The molecule has 0 spiro atoms. The summed E-state index contributed by atoms with van der Waals surface area (Å²) in [6.07, 6.45) is 2.36. The highest BCUT2D eigenvalue weighted by molar-refractivity contribution is 5.78. The fourth-order valence-corrected chi connectivity index (χ4v) is 2.25. The Morgan fingerprint density at radius 3 is 2.32 bits per heavy atom. The van der Waals surface area contributed by atoms with Gasteiger partial charge in [-0.25, -0.2) is 0 Å². The summed E-state index contributed by atoms with van der Waals surface area (Å²) in [5.41, 5.74) is 2.16. The standard InChI is InChI=1S/C16H14N2O/c19-16-11-15(14-9-5-2-6-10-14)18(17-16)12-13-7-3-1-4-8-13/h1-10,12,15H,11H2/b18-12-. The topological polar surface area (TPSA) is 38.4 Å². The van der Waals surface area contributed by atoms with Crippen LogP contribution in [0.2, 0.25) is 0 Å². The molecular formula is C16H14N2O. The fourth-order valence-electron chi connectivity index (χ4n) is 2.25. The summed E-state index contributed by atoms with van der Waals surface area (Å²) in [6, 6.07) is 19.9. The average molecular weight is 250 g/mol. The van der Waals surface area contributed by atoms with Gasteiger partial charge in [-0.1, -0.05) is 53.2 Å². The second-order valence-corrected chi connectivity index (χ2v) is 4.54. The number of hydrogen-bond acceptors (Lipinski definition) is 2. The lowest BCUT2D eigenvalue weighted by Crippen LogP contribution is -2.15. The van der Waals surface area contributed by atoms with E-state index in [2.05, 4.69) is 5.10 Å². The molecule has 0 saturated heterocycles. The minimum absolute atomic E-state index is 0.00825. The zero-order valence-electron chi connectivity index (χ0n) is 10.4. The van der Waals surface area contributed by atoms with Crippen LogP contribution in [0.5, 0.6) is 0 Å². The third kappa shape index (κ3) is 2.55. The lowest BCUT2D eigenvalue weighted by atomic mass is 10.0. The Kier molecular flexibility index (Phi) is 3.11. The molecule has 3 nitrogen and oxygen atoms in total. The molecule has 0 bridgehead atoms. The summed E-state index contributed by atoms with van der Waals surface area (Å²) in [7, 11) is 0. The van der Waals surface area contributed by atoms with E-state index in [1.807, 2.05) is 66.9 Å². The van der Waals surface area contributed by atoms with Crippen molar-refractivity contribution in [3.63, 3.8) is 0 Å². The molecule has 2 aromatic carbocycles. The minimum Gasteiger partial charge on any atom is -0.857 e. The van der Waals surface area contributed by atoms with Crippen molar-refractivity contribution in [1.82, 2.24) is 0 Å². The third-order valence-corrected chi connectivity index (χ3v) is 3.18. The van der Waals surface area contributed by atoms with E-state index in [1.54, 1.807) is 4.68 Å². The SMILES string of the molecule is [O-]C1=N/[N+](=C\c2ccccc2)C(c2ccccc2)C1. The highest BCUT2D eigenvalue weighted by Crippen LogP contribution is 2.25. The van der Waals surface area contributed by atoms with E-state index in [4.69, 9.17) is 0 Å². The minimum atomic E-state index is -0.0685. The Morgan fingerprint density at radius 1 is 1.00 bits per heavy atom. The molecule has 0 amide bonds. The van der Waals surface area contributed by atoms with E-state index in [1.165, 1.54) is 0 Å². The van der Waals surface area contributed by atoms with Crippen LogP contribution in [0.25, 0.3) is 0 Å². The fraction of sp³-hybridized carbons (Fsp3) is 0.125. The van der Waals surface area contributed by atoms with Gasteiger partial charge in [-0.05, 0) is 17.2 Å². The second-order valence-electron chi connectivity index (χ2n) is 4.54. The summed E-state index contributed by atoms with van der Waals surface area (Å²) in [4.78, 5) is 0. The zero-order valence-corrected chi connectivity index (χ0v) is 10.4. The van der Waals surface area contributed by atoms with Crippen LogP contribution < -0.4 is 5.11 Å². The molecule has 0 aliphatic carbocycles. The lowest BCUT2D eigenvalue weighted by Gasteiger charge is -2.05. The van der Waals surface area contributed by atoms with Gasteiger partial charge in [0.25, 0.3) is 0 Å². The van der Waals surface area contributed by atoms with Crippen LogP contribution in [0.15, 0.2) is 65.8 Å². The molecule has 1 aliphatic rings. The molecule has 94 valence electrons. The Bertz CT molecular complexity index is 618. The van der Waals surface area contributed by atoms with Crippen molar-refractivity contribution in [1.29, 1.82) is 0 Å². The first-order chi connectivity index (χ1) is 9.33. The molecule has 3 rings (SSSR count). The van der Waals surface area contributed by atoms with Gasteiger partial charge in [-0.2, -0.15) is 0 Å². The Hall–Kier alpha value is -2.42. The van der Waals surface area contributed by atoms with Crippen LogP contribution in [-0.4, -0.2) is 16.8 Å². The highest BCUT2D eigenvalue weighted by Gasteiger charge is 2.29. The summed E-state index contributed by atoms with van der Waals surface area (Å²) < 4.78 is 1.77. The van der Waals surface area contributed by atoms with Crippen molar-refractivity contribution >= 4 is 12.1 Å². The highest BCUT2D eigenvalue weighted by atomic mass is 16.3. The number of rotatable bonds is 2. The summed E-state index contributed by atoms with van der Waals surface area (Å²) in [5, 5.41) is 15.7. The quantitative estimate of drug-likeness (QED) is 0.751. The van der Waals surface area contributed by atoms with Crippen molar-refractivity contribution in [3.05, 3.63) is 71.8 Å². The Balaban J connectivity index is 1.96. The molecule has 0 aromatic heterocycles. The van der Waals surface area contributed by atoms with Gasteiger partial charge in [0.1, 0.15) is 0 Å². The molecular weight excluding hydrogens is 236 g/mol. The van der Waals surface area contributed by atoms with Gasteiger partial charge in [0, 0.05) is 17.0 Å². The lowest BCUT2D eigenvalue weighted by molar-refractivity contribution is -0.563. The first-order valence-corrected chi connectivity index (χ1v) is 6.30. The van der Waals surface area contributed by atoms with E-state index in [0.717, 1.165) is 11.1 Å². The van der Waals surface area contributed by atoms with Gasteiger partial charge in [0.15, 0.2) is 0 Å². The van der Waals surface area contributed by atoms with Crippen LogP contribution in [-0.2, 0) is 0 Å². The van der Waals surface area contributed by atoms with E-state index >= 15 is 0 Å². The number of hydrazone groups is 1. The van der Waals surface area contributed by atoms with Crippen LogP contribution in [0.4, 0.5) is 0 Å². The smallest absolute Gasteiger partial charge is 0.213 e. The molecule has 2 aromatic rings. The van der Waals surface area contributed by atoms with E-state index in [-0.39, 0.29) is 11.9 Å². The molecule has 1 aliphatic heterocycles. The van der Waals surface area contributed by atoms with E-state index in [0.29, 0.717) is 6.42 Å². The van der Waals surface area contributed by atoms with Gasteiger partial charge in [-0.3, -0.25) is 0 Å². The van der Waals surface area contributed by atoms with Gasteiger partial charge >= 0.3 is 0 Å². The van der Waals surface area contributed by atoms with Gasteiger partial charge in [-0.15, -0.1) is 0 Å². The normalized spacial score (nSPS) is 20.5. The molecule has 0 radical (unpaired) electrons. The number of benzene rings is 2. The predicted molar refractivity (Wildman–Crippen MR) is 73.1 cm³/mol. The molecule has 1 atom stereocenters.